The molecule has 15 heavy (non-hydrogen) atoms. The van der Waals surface area contributed by atoms with Crippen molar-refractivity contribution in [2.45, 2.75) is 26.2 Å². The van der Waals surface area contributed by atoms with Crippen molar-refractivity contribution < 1.29 is 9.90 Å². The van der Waals surface area contributed by atoms with Crippen LogP contribution in [0.4, 0.5) is 0 Å². The third kappa shape index (κ3) is 2.47. The molecule has 4 N–H and O–H groups in total. The summed E-state index contributed by atoms with van der Waals surface area (Å²) in [7, 11) is 0. The Labute approximate surface area is 89.1 Å². The molecule has 0 spiro atoms. The van der Waals surface area contributed by atoms with Gasteiger partial charge in [0.15, 0.2) is 0 Å². The number of nitrogen functional groups attached to an aromatic ring is 1. The average molecular weight is 208 g/mol. The first-order valence-corrected chi connectivity index (χ1v) is 4.94. The fourth-order valence-electron chi connectivity index (χ4n) is 1.36. The number of nitrogens with one attached hydrogen (secondary N) is 1. The zero-order valence-electron chi connectivity index (χ0n) is 8.95. The Balaban J connectivity index is 3.10. The minimum atomic E-state index is -0.474. The number of aromatic hydroxyl groups is 1. The maximum Gasteiger partial charge on any atom is 0.268 e. The molecule has 1 rings (SSSR count). The predicted molar refractivity (Wildman–Crippen MR) is 58.5 cm³/mol. The molecule has 0 radical (unpaired) electrons. The number of carbonyl (C=O) groups is 1. The molecule has 0 saturated heterocycles. The summed E-state index contributed by atoms with van der Waals surface area (Å²) in [5, 5.41) is 9.47. The lowest BCUT2D eigenvalue weighted by Crippen LogP contribution is -2.30. The molecule has 0 aromatic heterocycles. The summed E-state index contributed by atoms with van der Waals surface area (Å²) >= 11 is 0. The second-order valence-electron chi connectivity index (χ2n) is 3.56. The Bertz CT molecular complexity index is 364. The topological polar surface area (TPSA) is 75.3 Å². The summed E-state index contributed by atoms with van der Waals surface area (Å²) in [6.07, 6.45) is 0.981. The normalized spacial score (nSPS) is 12.2. The van der Waals surface area contributed by atoms with Gasteiger partial charge in [-0.1, -0.05) is 19.9 Å². The van der Waals surface area contributed by atoms with Crippen molar-refractivity contribution >= 4 is 5.91 Å². The van der Waals surface area contributed by atoms with E-state index in [2.05, 4.69) is 13.8 Å². The Hall–Kier alpha value is -1.55. The molecule has 82 valence electrons. The van der Waals surface area contributed by atoms with Gasteiger partial charge in [0, 0.05) is 0 Å². The van der Waals surface area contributed by atoms with E-state index in [1.807, 2.05) is 11.5 Å². The number of nitrogens with two attached hydrogens (primary N) is 1. The number of hydrogen-bond donors (Lipinski definition) is 3. The molecule has 0 aliphatic heterocycles. The molecule has 0 aliphatic carbocycles. The summed E-state index contributed by atoms with van der Waals surface area (Å²) in [5.41, 5.74) is 3.25. The number of hydrazine groups is 1. The second-order valence-corrected chi connectivity index (χ2v) is 3.56. The summed E-state index contributed by atoms with van der Waals surface area (Å²) in [4.78, 5) is 11.3. The lowest BCUT2D eigenvalue weighted by molar-refractivity contribution is 0.0951. The van der Waals surface area contributed by atoms with Crippen molar-refractivity contribution in [1.82, 2.24) is 5.43 Å². The van der Waals surface area contributed by atoms with Crippen LogP contribution in [0.3, 0.4) is 0 Å². The van der Waals surface area contributed by atoms with Crippen molar-refractivity contribution in [2.24, 2.45) is 5.84 Å². The van der Waals surface area contributed by atoms with Crippen LogP contribution in [0.15, 0.2) is 18.2 Å². The number of amides is 1. The first-order chi connectivity index (χ1) is 7.10. The molecule has 0 aliphatic rings. The number of phenols is 1. The van der Waals surface area contributed by atoms with Crippen molar-refractivity contribution in [3.63, 3.8) is 0 Å². The molecular weight excluding hydrogens is 192 g/mol. The van der Waals surface area contributed by atoms with Gasteiger partial charge in [-0.05, 0) is 30.0 Å². The lowest BCUT2D eigenvalue weighted by atomic mass is 9.96. The highest BCUT2D eigenvalue weighted by atomic mass is 16.3. The van der Waals surface area contributed by atoms with Gasteiger partial charge in [0.25, 0.3) is 5.91 Å². The Morgan fingerprint density at radius 2 is 2.27 bits per heavy atom. The van der Waals surface area contributed by atoms with Gasteiger partial charge in [-0.3, -0.25) is 10.2 Å². The Morgan fingerprint density at radius 3 is 2.80 bits per heavy atom. The number of rotatable bonds is 3. The van der Waals surface area contributed by atoms with E-state index >= 15 is 0 Å². The highest BCUT2D eigenvalue weighted by molar-refractivity contribution is 5.96. The van der Waals surface area contributed by atoms with Crippen LogP contribution < -0.4 is 11.3 Å². The van der Waals surface area contributed by atoms with E-state index in [0.717, 1.165) is 12.0 Å². The van der Waals surface area contributed by atoms with Gasteiger partial charge in [-0.15, -0.1) is 0 Å². The molecule has 1 aromatic rings. The molecule has 0 saturated carbocycles. The highest BCUT2D eigenvalue weighted by Gasteiger charge is 2.12. The number of benzene rings is 1. The van der Waals surface area contributed by atoms with Crippen LogP contribution in [0.25, 0.3) is 0 Å². The molecule has 1 unspecified atom stereocenters. The van der Waals surface area contributed by atoms with Gasteiger partial charge >= 0.3 is 0 Å². The molecule has 0 fully saturated rings. The number of hydrogen-bond acceptors (Lipinski definition) is 3. The number of phenolic OH excluding ortho intramolecular Hbond substituents is 1. The van der Waals surface area contributed by atoms with E-state index in [1.165, 1.54) is 6.07 Å². The minimum absolute atomic E-state index is 0.0509. The van der Waals surface area contributed by atoms with E-state index in [4.69, 9.17) is 5.84 Å². The first kappa shape index (κ1) is 11.5. The van der Waals surface area contributed by atoms with E-state index in [9.17, 15) is 9.90 Å². The van der Waals surface area contributed by atoms with Crippen LogP contribution in [0.5, 0.6) is 5.75 Å². The smallest absolute Gasteiger partial charge is 0.268 e. The summed E-state index contributed by atoms with van der Waals surface area (Å²) in [6, 6.07) is 5.01. The monoisotopic (exact) mass is 208 g/mol. The van der Waals surface area contributed by atoms with E-state index in [0.29, 0.717) is 5.92 Å². The summed E-state index contributed by atoms with van der Waals surface area (Å²) < 4.78 is 0. The lowest BCUT2D eigenvalue weighted by Gasteiger charge is -2.11. The Kier molecular flexibility index (Phi) is 3.68. The van der Waals surface area contributed by atoms with Gasteiger partial charge in [-0.2, -0.15) is 0 Å². The Morgan fingerprint density at radius 1 is 1.60 bits per heavy atom. The fraction of sp³-hybridized carbons (Fsp3) is 0.364. The average Bonchev–Trinajstić information content (AvgIpc) is 2.27. The third-order valence-corrected chi connectivity index (χ3v) is 2.58. The SMILES string of the molecule is CCC(C)c1ccc(O)c(C(=O)NN)c1. The van der Waals surface area contributed by atoms with Gasteiger partial charge in [-0.25, -0.2) is 5.84 Å². The maximum atomic E-state index is 11.3. The zero-order chi connectivity index (χ0) is 11.4. The van der Waals surface area contributed by atoms with Gasteiger partial charge in [0.05, 0.1) is 5.56 Å². The van der Waals surface area contributed by atoms with E-state index in [-0.39, 0.29) is 11.3 Å². The van der Waals surface area contributed by atoms with Crippen molar-refractivity contribution in [3.05, 3.63) is 29.3 Å². The van der Waals surface area contributed by atoms with Gasteiger partial charge in [0.1, 0.15) is 5.75 Å². The summed E-state index contributed by atoms with van der Waals surface area (Å²) in [6.45, 7) is 4.14. The zero-order valence-corrected chi connectivity index (χ0v) is 8.95. The van der Waals surface area contributed by atoms with E-state index < -0.39 is 5.91 Å². The standard InChI is InChI=1S/C11H16N2O2/c1-3-7(2)8-4-5-10(14)9(6-8)11(15)13-12/h4-7,14H,3,12H2,1-2H3,(H,13,15). The van der Waals surface area contributed by atoms with Crippen LogP contribution in [-0.4, -0.2) is 11.0 Å². The van der Waals surface area contributed by atoms with E-state index in [1.54, 1.807) is 6.07 Å². The molecule has 4 heteroatoms. The van der Waals surface area contributed by atoms with Crippen molar-refractivity contribution in [2.75, 3.05) is 0 Å². The molecule has 0 heterocycles. The quantitative estimate of drug-likeness (QED) is 0.400. The maximum absolute atomic E-state index is 11.3. The van der Waals surface area contributed by atoms with Crippen molar-refractivity contribution in [3.8, 4) is 5.75 Å². The number of carbonyl (C=O) groups excluding carboxylic acids is 1. The third-order valence-electron chi connectivity index (χ3n) is 2.58. The first-order valence-electron chi connectivity index (χ1n) is 4.94. The fourth-order valence-corrected chi connectivity index (χ4v) is 1.36. The minimum Gasteiger partial charge on any atom is -0.507 e. The van der Waals surface area contributed by atoms with Crippen LogP contribution >= 0.6 is 0 Å². The highest BCUT2D eigenvalue weighted by Crippen LogP contribution is 2.24. The van der Waals surface area contributed by atoms with Crippen LogP contribution in [0, 0.1) is 0 Å². The molecule has 0 bridgehead atoms. The largest absolute Gasteiger partial charge is 0.507 e. The predicted octanol–water partition coefficient (Wildman–Crippen LogP) is 1.51. The molecule has 1 amide bonds. The molecule has 4 nitrogen and oxygen atoms in total. The molecule has 1 atom stereocenters. The van der Waals surface area contributed by atoms with Crippen LogP contribution in [0.1, 0.15) is 42.1 Å². The molecular formula is C11H16N2O2. The van der Waals surface area contributed by atoms with Gasteiger partial charge in [0.2, 0.25) is 0 Å². The van der Waals surface area contributed by atoms with Crippen molar-refractivity contribution in [1.29, 1.82) is 0 Å². The van der Waals surface area contributed by atoms with Crippen LogP contribution in [-0.2, 0) is 0 Å². The van der Waals surface area contributed by atoms with Gasteiger partial charge < -0.3 is 5.11 Å². The van der Waals surface area contributed by atoms with Crippen LogP contribution in [0.2, 0.25) is 0 Å². The molecule has 1 aromatic carbocycles. The second kappa shape index (κ2) is 4.79. The summed E-state index contributed by atoms with van der Waals surface area (Å²) in [5.74, 6) is 4.85.